The van der Waals surface area contributed by atoms with Crippen molar-refractivity contribution in [2.45, 2.75) is 111 Å². The van der Waals surface area contributed by atoms with E-state index >= 15 is 0 Å². The number of carboxylic acids is 1. The van der Waals surface area contributed by atoms with Crippen LogP contribution in [0.2, 0.25) is 0 Å². The highest BCUT2D eigenvalue weighted by molar-refractivity contribution is 7.89. The Bertz CT molecular complexity index is 1700. The van der Waals surface area contributed by atoms with Gasteiger partial charge in [0.25, 0.3) is 0 Å². The quantitative estimate of drug-likeness (QED) is 0.178. The summed E-state index contributed by atoms with van der Waals surface area (Å²) in [7, 11) is -7.32. The van der Waals surface area contributed by atoms with Gasteiger partial charge >= 0.3 is 24.3 Å². The molecule has 18 heteroatoms. The Morgan fingerprint density at radius 1 is 0.706 bits per heavy atom. The molecule has 10 nitrogen and oxygen atoms in total. The second-order valence-corrected chi connectivity index (χ2v) is 16.0. The van der Waals surface area contributed by atoms with Crippen LogP contribution in [0, 0.1) is 0 Å². The number of carbonyl (C=O) groups excluding carboxylic acids is 1. The highest BCUT2D eigenvalue weighted by atomic mass is 32.2. The number of sulfonamides is 2. The lowest BCUT2D eigenvalue weighted by Crippen LogP contribution is -2.44. The molecule has 4 rings (SSSR count). The third-order valence-electron chi connectivity index (χ3n) is 8.78. The summed E-state index contributed by atoms with van der Waals surface area (Å²) in [6.45, 7) is 0.323. The highest BCUT2D eigenvalue weighted by Crippen LogP contribution is 2.38. The van der Waals surface area contributed by atoms with Gasteiger partial charge < -0.3 is 9.84 Å². The number of rotatable bonds is 12. The molecule has 0 radical (unpaired) electrons. The molecule has 0 aliphatic carbocycles. The summed E-state index contributed by atoms with van der Waals surface area (Å²) in [4.78, 5) is 20.4. The molecule has 286 valence electrons. The fourth-order valence-electron chi connectivity index (χ4n) is 6.34. The summed E-state index contributed by atoms with van der Waals surface area (Å²) < 4.78 is 138. The van der Waals surface area contributed by atoms with Crippen molar-refractivity contribution in [1.29, 1.82) is 0 Å². The molecule has 2 fully saturated rings. The first-order valence-electron chi connectivity index (χ1n) is 16.5. The number of nitrogens with zero attached hydrogens (tertiary/aromatic N) is 2. The van der Waals surface area contributed by atoms with Gasteiger partial charge in [-0.15, -0.1) is 0 Å². The van der Waals surface area contributed by atoms with Gasteiger partial charge in [0.2, 0.25) is 20.0 Å². The van der Waals surface area contributed by atoms with Crippen molar-refractivity contribution in [3.05, 3.63) is 59.7 Å². The van der Waals surface area contributed by atoms with Crippen molar-refractivity contribution >= 4 is 32.0 Å². The van der Waals surface area contributed by atoms with Gasteiger partial charge in [0.1, 0.15) is 0 Å². The third kappa shape index (κ3) is 11.4. The smallest absolute Gasteiger partial charge is 0.417 e. The predicted molar refractivity (Wildman–Crippen MR) is 173 cm³/mol. The number of benzene rings is 2. The molecular weight excluding hydrogens is 730 g/mol. The minimum absolute atomic E-state index is 0.0937. The van der Waals surface area contributed by atoms with Gasteiger partial charge in [-0.3, -0.25) is 9.59 Å². The maximum Gasteiger partial charge on any atom is 0.417 e. The summed E-state index contributed by atoms with van der Waals surface area (Å²) in [6, 6.07) is 7.51. The number of methoxy groups -OCH3 is 1. The van der Waals surface area contributed by atoms with E-state index in [0.717, 1.165) is 47.5 Å². The Morgan fingerprint density at radius 2 is 1.10 bits per heavy atom. The first-order valence-corrected chi connectivity index (χ1v) is 19.3. The Labute approximate surface area is 293 Å². The molecule has 0 saturated carbocycles. The first-order chi connectivity index (χ1) is 23.8. The lowest BCUT2D eigenvalue weighted by molar-refractivity contribution is -0.141. The molecule has 0 amide bonds. The van der Waals surface area contributed by atoms with E-state index in [4.69, 9.17) is 5.11 Å². The van der Waals surface area contributed by atoms with E-state index < -0.39 is 77.3 Å². The highest BCUT2D eigenvalue weighted by Gasteiger charge is 2.42. The molecule has 2 aliphatic heterocycles. The van der Waals surface area contributed by atoms with Crippen LogP contribution in [0.15, 0.2) is 58.3 Å². The number of ether oxygens (including phenoxy) is 1. The molecule has 51 heavy (non-hydrogen) atoms. The molecule has 2 aliphatic rings. The largest absolute Gasteiger partial charge is 0.481 e. The number of carboxylic acid groups (broad SMARTS) is 1. The summed E-state index contributed by atoms with van der Waals surface area (Å²) in [5.74, 6) is -1.37. The standard InChI is InChI=1S/C17H22F3NO4S.C16H20F3NO4S/c1-25-16(22)11-6-8-13-7-4-5-12-21(13)26(23,24)15-10-3-2-9-14(15)17(18,19)20;17-16(18,19)13-8-1-2-9-14(13)25(23,24)20-11-4-3-6-12(20)7-5-10-15(21)22/h2-3,9-10,13H,4-8,11-12H2,1H3;1-2,8-9,12H,3-7,10-11H2,(H,21,22). The number of piperidine rings is 2. The van der Waals surface area contributed by atoms with Gasteiger partial charge in [-0.2, -0.15) is 35.0 Å². The second-order valence-electron chi connectivity index (χ2n) is 12.3. The number of carbonyl (C=O) groups is 2. The SMILES string of the molecule is COC(=O)CCCC1CCCCN1S(=O)(=O)c1ccccc1C(F)(F)F.O=C(O)CCCC1CCCCN1S(=O)(=O)c1ccccc1C(F)(F)F. The zero-order chi connectivity index (χ0) is 38.0. The second kappa shape index (κ2) is 18.0. The van der Waals surface area contributed by atoms with Crippen LogP contribution in [-0.2, 0) is 46.7 Å². The van der Waals surface area contributed by atoms with Crippen LogP contribution in [0.3, 0.4) is 0 Å². The zero-order valence-electron chi connectivity index (χ0n) is 28.0. The zero-order valence-corrected chi connectivity index (χ0v) is 29.6. The van der Waals surface area contributed by atoms with E-state index in [1.54, 1.807) is 0 Å². The van der Waals surface area contributed by atoms with Gasteiger partial charge in [-0.25, -0.2) is 16.8 Å². The monoisotopic (exact) mass is 772 g/mol. The van der Waals surface area contributed by atoms with Crippen LogP contribution in [0.25, 0.3) is 0 Å². The average Bonchev–Trinajstić information content (AvgIpc) is 3.08. The third-order valence-corrected chi connectivity index (χ3v) is 12.8. The van der Waals surface area contributed by atoms with Gasteiger partial charge in [0.05, 0.1) is 28.0 Å². The minimum atomic E-state index is -4.77. The number of hydrogen-bond donors (Lipinski definition) is 1. The van der Waals surface area contributed by atoms with Crippen LogP contribution in [0.4, 0.5) is 26.3 Å². The number of halogens is 6. The Kier molecular flexibility index (Phi) is 14.9. The fraction of sp³-hybridized carbons (Fsp3) is 0.576. The number of alkyl halides is 6. The summed E-state index contributed by atoms with van der Waals surface area (Å²) in [5.41, 5.74) is -2.33. The molecule has 0 spiro atoms. The fourth-order valence-corrected chi connectivity index (χ4v) is 10.2. The number of hydrogen-bond acceptors (Lipinski definition) is 7. The van der Waals surface area contributed by atoms with Crippen molar-refractivity contribution < 1.29 is 62.6 Å². The van der Waals surface area contributed by atoms with E-state index in [1.807, 2.05) is 0 Å². The Balaban J connectivity index is 0.000000276. The topological polar surface area (TPSA) is 138 Å². The molecule has 2 aromatic carbocycles. The molecule has 2 heterocycles. The van der Waals surface area contributed by atoms with Crippen molar-refractivity contribution in [3.63, 3.8) is 0 Å². The maximum atomic E-state index is 13.2. The van der Waals surface area contributed by atoms with Crippen LogP contribution in [0.5, 0.6) is 0 Å². The molecule has 2 unspecified atom stereocenters. The average molecular weight is 773 g/mol. The normalized spacial score (nSPS) is 19.5. The van der Waals surface area contributed by atoms with E-state index in [9.17, 15) is 52.8 Å². The minimum Gasteiger partial charge on any atom is -0.481 e. The lowest BCUT2D eigenvalue weighted by atomic mass is 10.00. The summed E-state index contributed by atoms with van der Waals surface area (Å²) in [5, 5.41) is 8.72. The summed E-state index contributed by atoms with van der Waals surface area (Å²) in [6.07, 6.45) is -4.20. The van der Waals surface area contributed by atoms with E-state index in [1.165, 1.54) is 29.6 Å². The maximum absolute atomic E-state index is 13.2. The van der Waals surface area contributed by atoms with Crippen molar-refractivity contribution in [2.24, 2.45) is 0 Å². The molecule has 0 bridgehead atoms. The molecule has 2 atom stereocenters. The molecule has 0 aromatic heterocycles. The Hall–Kier alpha value is -3.22. The van der Waals surface area contributed by atoms with Crippen LogP contribution < -0.4 is 0 Å². The lowest BCUT2D eigenvalue weighted by Gasteiger charge is -2.35. The molecule has 1 N–H and O–H groups in total. The van der Waals surface area contributed by atoms with Gasteiger partial charge in [-0.1, -0.05) is 37.1 Å². The molecule has 2 aromatic rings. The van der Waals surface area contributed by atoms with E-state index in [2.05, 4.69) is 4.74 Å². The predicted octanol–water partition coefficient (Wildman–Crippen LogP) is 7.10. The van der Waals surface area contributed by atoms with Crippen LogP contribution in [-0.4, -0.2) is 74.8 Å². The van der Waals surface area contributed by atoms with Crippen molar-refractivity contribution in [1.82, 2.24) is 8.61 Å². The van der Waals surface area contributed by atoms with E-state index in [-0.39, 0.29) is 32.4 Å². The number of esters is 1. The van der Waals surface area contributed by atoms with Crippen molar-refractivity contribution in [2.75, 3.05) is 20.2 Å². The first kappa shape index (κ1) is 42.2. The molecular formula is C33H42F6N2O8S2. The van der Waals surface area contributed by atoms with Gasteiger partial charge in [0, 0.05) is 38.0 Å². The van der Waals surface area contributed by atoms with E-state index in [0.29, 0.717) is 44.9 Å². The van der Waals surface area contributed by atoms with Crippen LogP contribution in [0.1, 0.15) is 88.2 Å². The van der Waals surface area contributed by atoms with Crippen LogP contribution >= 0.6 is 0 Å². The van der Waals surface area contributed by atoms with Gasteiger partial charge in [0.15, 0.2) is 0 Å². The van der Waals surface area contributed by atoms with Crippen molar-refractivity contribution in [3.8, 4) is 0 Å². The Morgan fingerprint density at radius 3 is 1.47 bits per heavy atom. The number of aliphatic carboxylic acids is 1. The molecule has 2 saturated heterocycles. The van der Waals surface area contributed by atoms with Gasteiger partial charge in [-0.05, 0) is 75.6 Å². The summed E-state index contributed by atoms with van der Waals surface area (Å²) >= 11 is 0.